The number of aryl methyl sites for hydroxylation is 1. The summed E-state index contributed by atoms with van der Waals surface area (Å²) in [7, 11) is 2.05. The van der Waals surface area contributed by atoms with Crippen molar-refractivity contribution in [3.05, 3.63) is 102 Å². The fourth-order valence-electron chi connectivity index (χ4n) is 6.95. The lowest BCUT2D eigenvalue weighted by Gasteiger charge is -2.39. The number of rotatable bonds is 9. The molecule has 0 amide bonds. The predicted molar refractivity (Wildman–Crippen MR) is 176 cm³/mol. The molecule has 2 aliphatic rings. The zero-order chi connectivity index (χ0) is 29.7. The molecule has 0 saturated carbocycles. The summed E-state index contributed by atoms with van der Waals surface area (Å²) in [5.41, 5.74) is 6.32. The molecule has 3 aromatic carbocycles. The van der Waals surface area contributed by atoms with E-state index in [2.05, 4.69) is 52.7 Å². The monoisotopic (exact) mass is 587 g/mol. The normalized spacial score (nSPS) is 16.3. The third-order valence-electron chi connectivity index (χ3n) is 9.31. The summed E-state index contributed by atoms with van der Waals surface area (Å²) in [6, 6.07) is 30.9. The maximum Gasteiger partial charge on any atom is 0.226 e. The summed E-state index contributed by atoms with van der Waals surface area (Å²) in [6.07, 6.45) is 5.17. The van der Waals surface area contributed by atoms with E-state index in [1.807, 2.05) is 60.3 Å². The molecule has 0 spiro atoms. The van der Waals surface area contributed by atoms with Crippen molar-refractivity contribution < 1.29 is 9.47 Å². The van der Waals surface area contributed by atoms with Crippen LogP contribution in [0.4, 0.5) is 5.69 Å². The number of anilines is 1. The van der Waals surface area contributed by atoms with Crippen molar-refractivity contribution in [3.8, 4) is 23.0 Å². The van der Waals surface area contributed by atoms with E-state index in [4.69, 9.17) is 19.6 Å². The van der Waals surface area contributed by atoms with Crippen LogP contribution < -0.4 is 19.7 Å². The van der Waals surface area contributed by atoms with Gasteiger partial charge in [0.1, 0.15) is 18.9 Å². The summed E-state index contributed by atoms with van der Waals surface area (Å²) in [4.78, 5) is 7.42. The molecule has 1 N–H and O–H groups in total. The third kappa shape index (κ3) is 6.15. The van der Waals surface area contributed by atoms with Crippen LogP contribution >= 0.6 is 0 Å². The summed E-state index contributed by atoms with van der Waals surface area (Å²) in [5, 5.41) is 9.70. The average Bonchev–Trinajstić information content (AvgIpc) is 3.44. The highest BCUT2D eigenvalue weighted by molar-refractivity contribution is 6.01. The van der Waals surface area contributed by atoms with Gasteiger partial charge in [-0.25, -0.2) is 0 Å². The average molecular weight is 588 g/mol. The molecule has 4 heterocycles. The summed E-state index contributed by atoms with van der Waals surface area (Å²) >= 11 is 0. The number of ether oxygens (including phenoxy) is 2. The first-order valence-electron chi connectivity index (χ1n) is 16.0. The van der Waals surface area contributed by atoms with E-state index in [9.17, 15) is 0 Å². The van der Waals surface area contributed by atoms with Crippen molar-refractivity contribution in [2.45, 2.75) is 38.9 Å². The van der Waals surface area contributed by atoms with E-state index >= 15 is 0 Å². The number of fused-ring (bicyclic) bond motifs is 1. The van der Waals surface area contributed by atoms with Gasteiger partial charge in [0.15, 0.2) is 0 Å². The van der Waals surface area contributed by atoms with Gasteiger partial charge in [-0.2, -0.15) is 10.1 Å². The number of nitrogens with zero attached hydrogens (tertiary/aromatic N) is 4. The first-order chi connectivity index (χ1) is 21.7. The third-order valence-corrected chi connectivity index (χ3v) is 9.31. The molecule has 44 heavy (non-hydrogen) atoms. The number of nitrogens with one attached hydrogen (secondary N) is 1. The van der Waals surface area contributed by atoms with Gasteiger partial charge in [-0.05, 0) is 73.9 Å². The van der Waals surface area contributed by atoms with Crippen LogP contribution in [0.15, 0.2) is 91.0 Å². The van der Waals surface area contributed by atoms with Crippen LogP contribution in [-0.2, 0) is 20.3 Å². The second-order valence-corrected chi connectivity index (χ2v) is 12.1. The van der Waals surface area contributed by atoms with Gasteiger partial charge in [-0.15, -0.1) is 0 Å². The SMILES string of the molecule is Cn1nc(-c2ccc(OCc3ccccc3)nc2OCc2ccccc2)c2cccc(N3CCC(C4CCNCC4)CC3)c21. The highest BCUT2D eigenvalue weighted by Gasteiger charge is 2.29. The Morgan fingerprint density at radius 3 is 2.09 bits per heavy atom. The van der Waals surface area contributed by atoms with E-state index in [1.165, 1.54) is 44.5 Å². The fourth-order valence-corrected chi connectivity index (χ4v) is 6.95. The minimum absolute atomic E-state index is 0.408. The van der Waals surface area contributed by atoms with Crippen LogP contribution in [0.1, 0.15) is 36.8 Å². The van der Waals surface area contributed by atoms with Crippen molar-refractivity contribution in [1.82, 2.24) is 20.1 Å². The Hall–Kier alpha value is -4.36. The van der Waals surface area contributed by atoms with Crippen molar-refractivity contribution in [2.24, 2.45) is 18.9 Å². The number of para-hydroxylation sites is 1. The lowest BCUT2D eigenvalue weighted by atomic mass is 9.79. The standard InChI is InChI=1S/C37H41N5O2/c1-41-36-31(13-8-14-33(36)42-23-19-30(20-24-42)29-17-21-38-22-18-29)35(40-41)32-15-16-34(43-25-27-9-4-2-5-10-27)39-37(32)44-26-28-11-6-3-7-12-28/h2-16,29-30,38H,17-26H2,1H3. The number of hydrogen-bond acceptors (Lipinski definition) is 6. The fraction of sp³-hybridized carbons (Fsp3) is 0.351. The quantitative estimate of drug-likeness (QED) is 0.200. The van der Waals surface area contributed by atoms with Crippen LogP contribution in [0.5, 0.6) is 11.8 Å². The van der Waals surface area contributed by atoms with Gasteiger partial charge in [0.25, 0.3) is 0 Å². The van der Waals surface area contributed by atoms with E-state index in [-0.39, 0.29) is 0 Å². The number of aromatic nitrogens is 3. The molecular weight excluding hydrogens is 546 g/mol. The molecule has 0 radical (unpaired) electrons. The largest absolute Gasteiger partial charge is 0.473 e. The molecule has 0 aliphatic carbocycles. The van der Waals surface area contributed by atoms with Crippen molar-refractivity contribution in [3.63, 3.8) is 0 Å². The Labute approximate surface area is 259 Å². The molecular formula is C37H41N5O2. The molecule has 0 unspecified atom stereocenters. The Balaban J connectivity index is 1.17. The number of benzene rings is 3. The number of pyridine rings is 1. The smallest absolute Gasteiger partial charge is 0.226 e. The van der Waals surface area contributed by atoms with Gasteiger partial charge in [-0.1, -0.05) is 72.8 Å². The van der Waals surface area contributed by atoms with E-state index in [1.54, 1.807) is 0 Å². The molecule has 7 rings (SSSR count). The number of piperidine rings is 2. The maximum absolute atomic E-state index is 6.39. The molecule has 226 valence electrons. The van der Waals surface area contributed by atoms with Crippen molar-refractivity contribution in [1.29, 1.82) is 0 Å². The van der Waals surface area contributed by atoms with Crippen LogP contribution in [0, 0.1) is 11.8 Å². The first-order valence-corrected chi connectivity index (χ1v) is 16.0. The van der Waals surface area contributed by atoms with Gasteiger partial charge in [0.05, 0.1) is 16.8 Å². The summed E-state index contributed by atoms with van der Waals surface area (Å²) < 4.78 is 14.5. The minimum atomic E-state index is 0.408. The molecule has 7 nitrogen and oxygen atoms in total. The lowest BCUT2D eigenvalue weighted by molar-refractivity contribution is 0.222. The summed E-state index contributed by atoms with van der Waals surface area (Å²) in [5.74, 6) is 2.76. The predicted octanol–water partition coefficient (Wildman–Crippen LogP) is 7.01. The van der Waals surface area contributed by atoms with Gasteiger partial charge in [-0.3, -0.25) is 4.68 Å². The highest BCUT2D eigenvalue weighted by Crippen LogP contribution is 2.40. The Kier molecular flexibility index (Phi) is 8.46. The van der Waals surface area contributed by atoms with Crippen LogP contribution in [0.2, 0.25) is 0 Å². The molecule has 2 saturated heterocycles. The number of hydrogen-bond donors (Lipinski definition) is 1. The highest BCUT2D eigenvalue weighted by atomic mass is 16.5. The molecule has 5 aromatic rings. The molecule has 7 heteroatoms. The zero-order valence-corrected chi connectivity index (χ0v) is 25.5. The van der Waals surface area contributed by atoms with Gasteiger partial charge in [0, 0.05) is 31.6 Å². The Bertz CT molecular complexity index is 1670. The lowest BCUT2D eigenvalue weighted by Crippen LogP contribution is -2.39. The van der Waals surface area contributed by atoms with Crippen LogP contribution in [0.3, 0.4) is 0 Å². The van der Waals surface area contributed by atoms with Gasteiger partial charge < -0.3 is 19.7 Å². The molecule has 0 atom stereocenters. The van der Waals surface area contributed by atoms with Crippen LogP contribution in [-0.4, -0.2) is 40.9 Å². The summed E-state index contributed by atoms with van der Waals surface area (Å²) in [6.45, 7) is 5.38. The minimum Gasteiger partial charge on any atom is -0.473 e. The maximum atomic E-state index is 6.39. The van der Waals surface area contributed by atoms with E-state index in [0.29, 0.717) is 25.0 Å². The van der Waals surface area contributed by atoms with E-state index in [0.717, 1.165) is 58.2 Å². The molecule has 2 aliphatic heterocycles. The van der Waals surface area contributed by atoms with Gasteiger partial charge >= 0.3 is 0 Å². The molecule has 2 fully saturated rings. The first kappa shape index (κ1) is 28.4. The second-order valence-electron chi connectivity index (χ2n) is 12.1. The Morgan fingerprint density at radius 2 is 1.39 bits per heavy atom. The topological polar surface area (TPSA) is 64.4 Å². The van der Waals surface area contributed by atoms with Crippen LogP contribution in [0.25, 0.3) is 22.2 Å². The van der Waals surface area contributed by atoms with Gasteiger partial charge in [0.2, 0.25) is 11.8 Å². The zero-order valence-electron chi connectivity index (χ0n) is 25.5. The van der Waals surface area contributed by atoms with Crippen molar-refractivity contribution in [2.75, 3.05) is 31.1 Å². The Morgan fingerprint density at radius 1 is 0.727 bits per heavy atom. The van der Waals surface area contributed by atoms with Crippen molar-refractivity contribution >= 4 is 16.6 Å². The molecule has 2 aromatic heterocycles. The van der Waals surface area contributed by atoms with E-state index < -0.39 is 0 Å². The second kappa shape index (κ2) is 13.1. The molecule has 0 bridgehead atoms.